The molecule has 2 amide bonds. The van der Waals surface area contributed by atoms with Gasteiger partial charge in [-0.2, -0.15) is 9.58 Å². The number of hydrazone groups is 1. The lowest BCUT2D eigenvalue weighted by Crippen LogP contribution is -2.53. The molecule has 2 aromatic rings. The molecule has 1 aromatic carbocycles. The van der Waals surface area contributed by atoms with Crippen molar-refractivity contribution in [2.75, 3.05) is 26.0 Å². The number of anilines is 1. The Kier molecular flexibility index (Phi) is 4.86. The Morgan fingerprint density at radius 3 is 2.85 bits per heavy atom. The van der Waals surface area contributed by atoms with Crippen molar-refractivity contribution in [1.82, 2.24) is 14.5 Å². The SMILES string of the molecule is CC=C(N(C)N=CCC)[N+]1(C)C(=O)N(C)c2cnc3ccc(Br)cc3c21. The number of aromatic nitrogens is 1. The van der Waals surface area contributed by atoms with E-state index in [1.54, 1.807) is 23.2 Å². The molecule has 0 fully saturated rings. The number of halogens is 1. The maximum Gasteiger partial charge on any atom is 0.434 e. The number of fused-ring (bicyclic) bond motifs is 3. The zero-order valence-electron chi connectivity index (χ0n) is 15.7. The highest BCUT2D eigenvalue weighted by Crippen LogP contribution is 2.48. The first-order chi connectivity index (χ1) is 12.4. The molecule has 1 aromatic heterocycles. The molecular weight excluding hydrogens is 394 g/mol. The molecule has 0 bridgehead atoms. The van der Waals surface area contributed by atoms with Crippen molar-refractivity contribution in [2.24, 2.45) is 5.10 Å². The van der Waals surface area contributed by atoms with Crippen LogP contribution in [0.25, 0.3) is 10.9 Å². The minimum absolute atomic E-state index is 0.00929. The van der Waals surface area contributed by atoms with Crippen molar-refractivity contribution in [3.63, 3.8) is 0 Å². The van der Waals surface area contributed by atoms with E-state index in [0.717, 1.165) is 39.0 Å². The molecule has 6 nitrogen and oxygen atoms in total. The summed E-state index contributed by atoms with van der Waals surface area (Å²) in [6, 6.07) is 5.90. The third-order valence-corrected chi connectivity index (χ3v) is 5.24. The lowest BCUT2D eigenvalue weighted by molar-refractivity contribution is 0.216. The van der Waals surface area contributed by atoms with Crippen LogP contribution in [0, 0.1) is 0 Å². The van der Waals surface area contributed by atoms with Crippen LogP contribution in [0.1, 0.15) is 20.3 Å². The fourth-order valence-electron chi connectivity index (χ4n) is 3.56. The minimum Gasteiger partial charge on any atom is -0.257 e. The molecule has 0 saturated carbocycles. The Bertz CT molecular complexity index is 939. The summed E-state index contributed by atoms with van der Waals surface area (Å²) < 4.78 is 0.961. The summed E-state index contributed by atoms with van der Waals surface area (Å²) in [4.78, 5) is 19.5. The highest BCUT2D eigenvalue weighted by molar-refractivity contribution is 9.10. The first-order valence-corrected chi connectivity index (χ1v) is 9.32. The molecule has 0 radical (unpaired) electrons. The minimum atomic E-state index is -0.0408. The van der Waals surface area contributed by atoms with E-state index >= 15 is 0 Å². The van der Waals surface area contributed by atoms with E-state index in [1.165, 1.54) is 0 Å². The lowest BCUT2D eigenvalue weighted by atomic mass is 10.1. The topological polar surface area (TPSA) is 48.8 Å². The molecule has 0 spiro atoms. The van der Waals surface area contributed by atoms with Gasteiger partial charge in [-0.25, -0.2) is 9.80 Å². The number of quaternary nitrogens is 1. The van der Waals surface area contributed by atoms with Crippen LogP contribution in [0.15, 0.2) is 45.9 Å². The van der Waals surface area contributed by atoms with Crippen LogP contribution >= 0.6 is 15.9 Å². The van der Waals surface area contributed by atoms with E-state index in [1.807, 2.05) is 58.4 Å². The van der Waals surface area contributed by atoms with Crippen LogP contribution in [0.2, 0.25) is 0 Å². The number of pyridine rings is 1. The number of hydrogen-bond donors (Lipinski definition) is 0. The van der Waals surface area contributed by atoms with E-state index < -0.39 is 0 Å². The molecule has 1 unspecified atom stereocenters. The van der Waals surface area contributed by atoms with Gasteiger partial charge >= 0.3 is 6.03 Å². The van der Waals surface area contributed by atoms with Crippen LogP contribution in [0.5, 0.6) is 0 Å². The van der Waals surface area contributed by atoms with Gasteiger partial charge in [0, 0.05) is 24.8 Å². The van der Waals surface area contributed by atoms with Gasteiger partial charge in [-0.15, -0.1) is 0 Å². The number of allylic oxidation sites excluding steroid dienone is 1. The van der Waals surface area contributed by atoms with E-state index in [-0.39, 0.29) is 10.5 Å². The Hall–Kier alpha value is -2.25. The molecule has 26 heavy (non-hydrogen) atoms. The third-order valence-electron chi connectivity index (χ3n) is 4.75. The molecule has 0 aliphatic carbocycles. The van der Waals surface area contributed by atoms with E-state index in [4.69, 9.17) is 0 Å². The Labute approximate surface area is 162 Å². The first-order valence-electron chi connectivity index (χ1n) is 8.52. The number of hydrogen-bond acceptors (Lipinski definition) is 4. The highest BCUT2D eigenvalue weighted by Gasteiger charge is 2.53. The summed E-state index contributed by atoms with van der Waals surface area (Å²) in [5, 5.41) is 7.18. The van der Waals surface area contributed by atoms with Crippen molar-refractivity contribution in [2.45, 2.75) is 20.3 Å². The summed E-state index contributed by atoms with van der Waals surface area (Å²) in [6.45, 7) is 3.96. The van der Waals surface area contributed by atoms with Crippen molar-refractivity contribution < 1.29 is 4.79 Å². The van der Waals surface area contributed by atoms with E-state index in [2.05, 4.69) is 26.0 Å². The lowest BCUT2D eigenvalue weighted by Gasteiger charge is -2.31. The Morgan fingerprint density at radius 2 is 2.19 bits per heavy atom. The third kappa shape index (κ3) is 2.62. The summed E-state index contributed by atoms with van der Waals surface area (Å²) in [7, 11) is 5.58. The van der Waals surface area contributed by atoms with Crippen LogP contribution in [0.4, 0.5) is 16.2 Å². The van der Waals surface area contributed by atoms with Crippen molar-refractivity contribution in [3.8, 4) is 0 Å². The van der Waals surface area contributed by atoms with E-state index in [9.17, 15) is 4.79 Å². The van der Waals surface area contributed by atoms with Gasteiger partial charge in [-0.3, -0.25) is 9.88 Å². The average Bonchev–Trinajstić information content (AvgIpc) is 2.82. The highest BCUT2D eigenvalue weighted by atomic mass is 79.9. The average molecular weight is 417 g/mol. The molecule has 0 saturated heterocycles. The van der Waals surface area contributed by atoms with Crippen molar-refractivity contribution in [1.29, 1.82) is 0 Å². The van der Waals surface area contributed by atoms with Gasteiger partial charge in [0.25, 0.3) is 0 Å². The predicted molar refractivity (Wildman–Crippen MR) is 111 cm³/mol. The van der Waals surface area contributed by atoms with Crippen LogP contribution in [0.3, 0.4) is 0 Å². The summed E-state index contributed by atoms with van der Waals surface area (Å²) in [5.41, 5.74) is 2.58. The molecule has 136 valence electrons. The van der Waals surface area contributed by atoms with Gasteiger partial charge in [0.2, 0.25) is 5.82 Å². The predicted octanol–water partition coefficient (Wildman–Crippen LogP) is 4.69. The van der Waals surface area contributed by atoms with Gasteiger partial charge in [0.1, 0.15) is 5.69 Å². The largest absolute Gasteiger partial charge is 0.434 e. The number of urea groups is 1. The smallest absolute Gasteiger partial charge is 0.257 e. The number of carbonyl (C=O) groups is 1. The molecule has 2 heterocycles. The fourth-order valence-corrected chi connectivity index (χ4v) is 3.93. The zero-order chi connectivity index (χ0) is 19.1. The quantitative estimate of drug-likeness (QED) is 0.412. The second kappa shape index (κ2) is 6.81. The number of nitrogens with zero attached hydrogens (tertiary/aromatic N) is 5. The molecule has 0 N–H and O–H groups in total. The molecular formula is C19H23BrN5O+. The monoisotopic (exact) mass is 416 g/mol. The molecule has 1 aliphatic heterocycles. The fraction of sp³-hybridized carbons (Fsp3) is 0.316. The molecule has 1 atom stereocenters. The standard InChI is InChI=1S/C19H23BrN5O/c1-6-10-22-24(4)17(7-2)25(5)18-14-11-13(20)8-9-15(14)21-12-16(18)23(3)19(25)26/h7-12H,6H2,1-5H3/q+1. The van der Waals surface area contributed by atoms with Gasteiger partial charge in [0.05, 0.1) is 24.1 Å². The van der Waals surface area contributed by atoms with Crippen LogP contribution in [-0.2, 0) is 0 Å². The molecule has 1 aliphatic rings. The summed E-state index contributed by atoms with van der Waals surface area (Å²) >= 11 is 3.54. The number of benzene rings is 1. The summed E-state index contributed by atoms with van der Waals surface area (Å²) in [6.07, 6.45) is 6.38. The van der Waals surface area contributed by atoms with Gasteiger partial charge in [-0.1, -0.05) is 22.9 Å². The van der Waals surface area contributed by atoms with Gasteiger partial charge < -0.3 is 0 Å². The molecule has 7 heteroatoms. The number of rotatable bonds is 4. The Morgan fingerprint density at radius 1 is 1.46 bits per heavy atom. The van der Waals surface area contributed by atoms with Crippen LogP contribution in [-0.4, -0.2) is 43.4 Å². The Balaban J connectivity index is 2.32. The second-order valence-electron chi connectivity index (χ2n) is 6.38. The maximum absolute atomic E-state index is 13.3. The normalized spacial score (nSPS) is 20.3. The van der Waals surface area contributed by atoms with Crippen LogP contribution < -0.4 is 9.38 Å². The van der Waals surface area contributed by atoms with Crippen molar-refractivity contribution in [3.05, 3.63) is 40.8 Å². The zero-order valence-corrected chi connectivity index (χ0v) is 17.3. The van der Waals surface area contributed by atoms with Gasteiger partial charge in [-0.05, 0) is 37.6 Å². The number of amides is 2. The maximum atomic E-state index is 13.3. The number of carbonyl (C=O) groups excluding carboxylic acids is 1. The second-order valence-corrected chi connectivity index (χ2v) is 7.29. The van der Waals surface area contributed by atoms with Crippen molar-refractivity contribution >= 4 is 50.5 Å². The first kappa shape index (κ1) is 18.5. The van der Waals surface area contributed by atoms with Gasteiger partial charge in [0.15, 0.2) is 5.69 Å². The van der Waals surface area contributed by atoms with E-state index in [0.29, 0.717) is 0 Å². The molecule has 3 rings (SSSR count). The summed E-state index contributed by atoms with van der Waals surface area (Å²) in [5.74, 6) is 0.790.